The second kappa shape index (κ2) is 26.9. The summed E-state index contributed by atoms with van der Waals surface area (Å²) in [5, 5.41) is 97.4. The largest absolute Gasteiger partial charge is 0.462 e. The topological polar surface area (TPSA) is 262 Å². The molecule has 0 amide bonds. The second-order valence-electron chi connectivity index (χ2n) is 18.0. The van der Waals surface area contributed by atoms with Crippen LogP contribution in [0.15, 0.2) is 85.1 Å². The van der Waals surface area contributed by atoms with Gasteiger partial charge in [0.2, 0.25) is 0 Å². The SMILES string of the molecule is C[C@@H]1[C@H](O)[C@@H](C)\C=C/C=C/C=C/C=C/C=C/C=C/C=C/[C@H](OC2O[C@H](C)[C@@H](O)[C@H](N)[C@@H]2O)C[C@@H]2O[C@](O)(C[C@@H](O)C[C@@H](O)[C@H](O)CC[C@@H](O)C[C@@H](O)CC(=O)O[C@H]1C)C[C@H](C)[C@H]2C. The van der Waals surface area contributed by atoms with Gasteiger partial charge in [-0.1, -0.05) is 113 Å². The van der Waals surface area contributed by atoms with Gasteiger partial charge in [0.25, 0.3) is 0 Å². The number of cyclic esters (lactones) is 1. The average molecular weight is 892 g/mol. The normalized spacial score (nSPS) is 46.6. The van der Waals surface area contributed by atoms with Gasteiger partial charge in [-0.05, 0) is 44.9 Å². The Bertz CT molecular complexity index is 1560. The molecule has 0 aliphatic carbocycles. The maximum Gasteiger partial charge on any atom is 0.308 e. The van der Waals surface area contributed by atoms with Crippen molar-refractivity contribution >= 4 is 5.97 Å². The smallest absolute Gasteiger partial charge is 0.308 e. The van der Waals surface area contributed by atoms with Crippen molar-refractivity contribution in [3.8, 4) is 0 Å². The number of allylic oxidation sites excluding steroid dienone is 12. The zero-order chi connectivity index (χ0) is 46.9. The first-order valence-electron chi connectivity index (χ1n) is 22.5. The third-order valence-corrected chi connectivity index (χ3v) is 12.5. The Morgan fingerprint density at radius 1 is 0.619 bits per heavy atom. The molecule has 15 heteroatoms. The van der Waals surface area contributed by atoms with E-state index in [-0.39, 0.29) is 69.1 Å². The van der Waals surface area contributed by atoms with Crippen LogP contribution in [0.5, 0.6) is 0 Å². The molecular weight excluding hydrogens is 815 g/mol. The number of rotatable bonds is 2. The number of carbonyl (C=O) groups excluding carboxylic acids is 1. The van der Waals surface area contributed by atoms with Crippen LogP contribution in [0.2, 0.25) is 0 Å². The van der Waals surface area contributed by atoms with E-state index in [9.17, 15) is 50.8 Å². The van der Waals surface area contributed by atoms with Crippen LogP contribution in [0, 0.1) is 23.7 Å². The van der Waals surface area contributed by atoms with Crippen LogP contribution in [0.4, 0.5) is 0 Å². The van der Waals surface area contributed by atoms with Crippen LogP contribution in [0.1, 0.15) is 92.9 Å². The highest BCUT2D eigenvalue weighted by molar-refractivity contribution is 5.70. The summed E-state index contributed by atoms with van der Waals surface area (Å²) in [6, 6.07) is -1.01. The van der Waals surface area contributed by atoms with Gasteiger partial charge in [0.15, 0.2) is 12.1 Å². The number of hydrogen-bond acceptors (Lipinski definition) is 15. The highest BCUT2D eigenvalue weighted by atomic mass is 16.7. The van der Waals surface area contributed by atoms with Crippen molar-refractivity contribution < 1.29 is 69.7 Å². The Hall–Kier alpha value is -2.87. The number of ether oxygens (including phenoxy) is 4. The van der Waals surface area contributed by atoms with Crippen LogP contribution in [0.25, 0.3) is 0 Å². The predicted octanol–water partition coefficient (Wildman–Crippen LogP) is 2.92. The summed E-state index contributed by atoms with van der Waals surface area (Å²) in [6.45, 7) is 10.9. The van der Waals surface area contributed by atoms with Gasteiger partial charge in [-0.15, -0.1) is 0 Å². The average Bonchev–Trinajstić information content (AvgIpc) is 3.21. The Morgan fingerprint density at radius 2 is 1.19 bits per heavy atom. The van der Waals surface area contributed by atoms with E-state index in [1.807, 2.05) is 87.6 Å². The predicted molar refractivity (Wildman–Crippen MR) is 238 cm³/mol. The molecule has 1 unspecified atom stereocenters. The van der Waals surface area contributed by atoms with Crippen LogP contribution >= 0.6 is 0 Å². The molecule has 358 valence electrons. The molecule has 11 N–H and O–H groups in total. The molecule has 63 heavy (non-hydrogen) atoms. The molecule has 19 atom stereocenters. The fraction of sp³-hybridized carbons (Fsp3) is 0.688. The van der Waals surface area contributed by atoms with Crippen LogP contribution in [-0.4, -0.2) is 143 Å². The van der Waals surface area contributed by atoms with Gasteiger partial charge in [0.1, 0.15) is 12.2 Å². The van der Waals surface area contributed by atoms with Crippen molar-refractivity contribution in [2.24, 2.45) is 29.4 Å². The Labute approximate surface area is 373 Å². The molecule has 2 saturated heterocycles. The van der Waals surface area contributed by atoms with Gasteiger partial charge < -0.3 is 70.6 Å². The molecule has 15 nitrogen and oxygen atoms in total. The van der Waals surface area contributed by atoms with Crippen LogP contribution in [0.3, 0.4) is 0 Å². The number of aliphatic hydroxyl groups is 9. The third-order valence-electron chi connectivity index (χ3n) is 12.5. The Morgan fingerprint density at radius 3 is 1.79 bits per heavy atom. The summed E-state index contributed by atoms with van der Waals surface area (Å²) in [5.74, 6) is -3.30. The maximum absolute atomic E-state index is 12.6. The van der Waals surface area contributed by atoms with Crippen molar-refractivity contribution in [3.63, 3.8) is 0 Å². The minimum atomic E-state index is -1.80. The lowest BCUT2D eigenvalue weighted by molar-refractivity contribution is -0.302. The number of aliphatic hydroxyl groups excluding tert-OH is 8. The maximum atomic E-state index is 12.6. The summed E-state index contributed by atoms with van der Waals surface area (Å²) in [5.41, 5.74) is 6.09. The number of fused-ring (bicyclic) bond motifs is 2. The van der Waals surface area contributed by atoms with Crippen molar-refractivity contribution in [2.75, 3.05) is 0 Å². The van der Waals surface area contributed by atoms with Gasteiger partial charge in [0.05, 0.1) is 73.5 Å². The van der Waals surface area contributed by atoms with Crippen molar-refractivity contribution in [1.82, 2.24) is 0 Å². The zero-order valence-electron chi connectivity index (χ0n) is 37.8. The number of esters is 1. The molecule has 3 aliphatic heterocycles. The fourth-order valence-electron chi connectivity index (χ4n) is 8.10. The van der Waals surface area contributed by atoms with E-state index in [1.54, 1.807) is 39.0 Å². The van der Waals surface area contributed by atoms with Gasteiger partial charge in [0, 0.05) is 37.5 Å². The minimum Gasteiger partial charge on any atom is -0.462 e. The molecule has 0 aromatic heterocycles. The highest BCUT2D eigenvalue weighted by Gasteiger charge is 2.46. The lowest BCUT2D eigenvalue weighted by Crippen LogP contribution is -2.61. The standard InChI is InChI=1S/C48H77NO14/c1-29-19-17-15-13-11-9-7-8-10-12-14-16-18-20-38(62-47-46(58)43(49)45(57)34(6)61-47)26-41-31(3)30(2)27-48(59,63-41)28-37(52)24-40(54)39(53)22-21-35(50)23-36(51)25-42(55)60-33(5)32(4)44(29)56/h7-20,29-41,43-47,50-54,56-59H,21-28,49H2,1-6H3/b8-7+,11-9+,12-10+,15-13+,16-14+,19-17-,20-18+/t29-,30-,31+,32-,33-,34+,35+,36+,37-,38-,39+,40+,41-,43-,44+,45+,46-,47?,48-/m0/s1. The summed E-state index contributed by atoms with van der Waals surface area (Å²) in [4.78, 5) is 12.6. The fourth-order valence-corrected chi connectivity index (χ4v) is 8.10. The van der Waals surface area contributed by atoms with Gasteiger partial charge in [-0.3, -0.25) is 4.79 Å². The monoisotopic (exact) mass is 892 g/mol. The molecule has 2 fully saturated rings. The first-order valence-corrected chi connectivity index (χ1v) is 22.5. The van der Waals surface area contributed by atoms with Crippen LogP contribution < -0.4 is 5.73 Å². The van der Waals surface area contributed by atoms with Gasteiger partial charge >= 0.3 is 5.97 Å². The van der Waals surface area contributed by atoms with E-state index in [1.165, 1.54) is 0 Å². The first-order chi connectivity index (χ1) is 29.7. The van der Waals surface area contributed by atoms with E-state index in [4.69, 9.17) is 24.7 Å². The molecule has 3 rings (SSSR count). The molecular formula is C48H77NO14. The first kappa shape index (κ1) is 54.5. The second-order valence-corrected chi connectivity index (χ2v) is 18.0. The number of hydrogen-bond donors (Lipinski definition) is 10. The van der Waals surface area contributed by atoms with E-state index in [2.05, 4.69) is 0 Å². The summed E-state index contributed by atoms with van der Waals surface area (Å²) < 4.78 is 23.9. The Balaban J connectivity index is 1.81. The lowest BCUT2D eigenvalue weighted by atomic mass is 9.79. The van der Waals surface area contributed by atoms with Crippen LogP contribution in [-0.2, 0) is 23.7 Å². The van der Waals surface area contributed by atoms with Gasteiger partial charge in [-0.25, -0.2) is 0 Å². The summed E-state index contributed by atoms with van der Waals surface area (Å²) in [6.07, 6.45) is 11.3. The van der Waals surface area contributed by atoms with Gasteiger partial charge in [-0.2, -0.15) is 0 Å². The van der Waals surface area contributed by atoms with E-state index in [0.717, 1.165) is 0 Å². The molecule has 3 aliphatic rings. The van der Waals surface area contributed by atoms with Crippen molar-refractivity contribution in [2.45, 2.75) is 184 Å². The lowest BCUT2D eigenvalue weighted by Gasteiger charge is -2.46. The molecule has 0 aromatic carbocycles. The van der Waals surface area contributed by atoms with E-state index >= 15 is 0 Å². The number of nitrogens with two attached hydrogens (primary N) is 1. The van der Waals surface area contributed by atoms with E-state index < -0.39 is 103 Å². The molecule has 2 bridgehead atoms. The van der Waals surface area contributed by atoms with Crippen molar-refractivity contribution in [3.05, 3.63) is 85.1 Å². The third kappa shape index (κ3) is 18.5. The summed E-state index contributed by atoms with van der Waals surface area (Å²) in [7, 11) is 0. The zero-order valence-corrected chi connectivity index (χ0v) is 37.8. The number of carbonyl (C=O) groups is 1. The quantitative estimate of drug-likeness (QED) is 0.179. The molecule has 0 spiro atoms. The minimum absolute atomic E-state index is 0.0172. The molecule has 0 radical (unpaired) electrons. The molecule has 0 aromatic rings. The molecule has 0 saturated carbocycles. The Kier molecular flexibility index (Phi) is 23.3. The molecule has 3 heterocycles. The summed E-state index contributed by atoms with van der Waals surface area (Å²) >= 11 is 0. The van der Waals surface area contributed by atoms with Crippen molar-refractivity contribution in [1.29, 1.82) is 0 Å². The highest BCUT2D eigenvalue weighted by Crippen LogP contribution is 2.40. The van der Waals surface area contributed by atoms with E-state index in [0.29, 0.717) is 0 Å².